The highest BCUT2D eigenvalue weighted by molar-refractivity contribution is 5.74. The Hall–Kier alpha value is -1.62. The van der Waals surface area contributed by atoms with Crippen LogP contribution in [0.15, 0.2) is 24.5 Å². The molecule has 2 fully saturated rings. The van der Waals surface area contributed by atoms with Crippen molar-refractivity contribution in [1.82, 2.24) is 15.6 Å². The van der Waals surface area contributed by atoms with E-state index in [9.17, 15) is 4.79 Å². The van der Waals surface area contributed by atoms with Crippen molar-refractivity contribution < 1.29 is 9.53 Å². The standard InChI is InChI=1S/C17H25N3O2/c21-17(19-15-5-1-2-6-15)20-16(13-7-10-22-11-8-13)14-4-3-9-18-12-14/h3-4,9,12-13,15-16H,1-2,5-8,10-11H2,(H2,19,20,21). The molecular weight excluding hydrogens is 278 g/mol. The highest BCUT2D eigenvalue weighted by Crippen LogP contribution is 2.29. The number of amides is 2. The number of ether oxygens (including phenoxy) is 1. The van der Waals surface area contributed by atoms with Crippen molar-refractivity contribution in [2.24, 2.45) is 5.92 Å². The summed E-state index contributed by atoms with van der Waals surface area (Å²) >= 11 is 0. The molecule has 1 aromatic rings. The summed E-state index contributed by atoms with van der Waals surface area (Å²) in [7, 11) is 0. The van der Waals surface area contributed by atoms with Crippen LogP contribution in [0.3, 0.4) is 0 Å². The molecule has 120 valence electrons. The fourth-order valence-corrected chi connectivity index (χ4v) is 3.52. The van der Waals surface area contributed by atoms with E-state index in [2.05, 4.69) is 15.6 Å². The largest absolute Gasteiger partial charge is 0.381 e. The Morgan fingerprint density at radius 2 is 2.00 bits per heavy atom. The van der Waals surface area contributed by atoms with Crippen LogP contribution in [0.5, 0.6) is 0 Å². The summed E-state index contributed by atoms with van der Waals surface area (Å²) in [6.45, 7) is 1.54. The molecular formula is C17H25N3O2. The molecule has 0 radical (unpaired) electrons. The molecule has 1 unspecified atom stereocenters. The predicted octanol–water partition coefficient (Wildman–Crippen LogP) is 2.79. The van der Waals surface area contributed by atoms with Gasteiger partial charge in [0.05, 0.1) is 6.04 Å². The molecule has 1 atom stereocenters. The zero-order valence-electron chi connectivity index (χ0n) is 13.0. The van der Waals surface area contributed by atoms with Gasteiger partial charge in [-0.25, -0.2) is 4.79 Å². The number of hydrogen-bond acceptors (Lipinski definition) is 3. The first-order valence-electron chi connectivity index (χ1n) is 8.37. The summed E-state index contributed by atoms with van der Waals surface area (Å²) < 4.78 is 5.45. The van der Waals surface area contributed by atoms with Crippen LogP contribution in [-0.2, 0) is 4.74 Å². The number of pyridine rings is 1. The van der Waals surface area contributed by atoms with E-state index in [1.165, 1.54) is 12.8 Å². The molecule has 3 rings (SSSR count). The maximum atomic E-state index is 12.4. The SMILES string of the molecule is O=C(NC1CCCC1)NC(c1cccnc1)C1CCOCC1. The van der Waals surface area contributed by atoms with E-state index in [4.69, 9.17) is 4.74 Å². The maximum absolute atomic E-state index is 12.4. The Kier molecular flexibility index (Phi) is 5.27. The van der Waals surface area contributed by atoms with Gasteiger partial charge in [0.25, 0.3) is 0 Å². The van der Waals surface area contributed by atoms with E-state index < -0.39 is 0 Å². The molecule has 1 saturated heterocycles. The number of carbonyl (C=O) groups excluding carboxylic acids is 1. The van der Waals surface area contributed by atoms with Crippen molar-refractivity contribution >= 4 is 6.03 Å². The minimum atomic E-state index is -0.0488. The van der Waals surface area contributed by atoms with E-state index >= 15 is 0 Å². The van der Waals surface area contributed by atoms with Crippen molar-refractivity contribution in [1.29, 1.82) is 0 Å². The average molecular weight is 303 g/mol. The Morgan fingerprint density at radius 3 is 2.68 bits per heavy atom. The summed E-state index contributed by atoms with van der Waals surface area (Å²) in [6, 6.07) is 4.27. The molecule has 5 heteroatoms. The first kappa shape index (κ1) is 15.3. The summed E-state index contributed by atoms with van der Waals surface area (Å²) in [6.07, 6.45) is 10.2. The third-order valence-corrected chi connectivity index (χ3v) is 4.76. The van der Waals surface area contributed by atoms with Gasteiger partial charge in [-0.3, -0.25) is 4.98 Å². The molecule has 0 spiro atoms. The second kappa shape index (κ2) is 7.58. The molecule has 1 saturated carbocycles. The number of nitrogens with one attached hydrogen (secondary N) is 2. The molecule has 0 aromatic carbocycles. The first-order chi connectivity index (χ1) is 10.8. The van der Waals surface area contributed by atoms with Gasteiger partial charge in [-0.2, -0.15) is 0 Å². The molecule has 1 aliphatic heterocycles. The lowest BCUT2D eigenvalue weighted by Gasteiger charge is -2.31. The number of hydrogen-bond donors (Lipinski definition) is 2. The van der Waals surface area contributed by atoms with Crippen LogP contribution in [0.25, 0.3) is 0 Å². The number of aromatic nitrogens is 1. The van der Waals surface area contributed by atoms with Gasteiger partial charge in [-0.15, -0.1) is 0 Å². The fourth-order valence-electron chi connectivity index (χ4n) is 3.52. The lowest BCUT2D eigenvalue weighted by Crippen LogP contribution is -2.45. The van der Waals surface area contributed by atoms with Crippen LogP contribution < -0.4 is 10.6 Å². The lowest BCUT2D eigenvalue weighted by molar-refractivity contribution is 0.0547. The molecule has 1 aromatic heterocycles. The Balaban J connectivity index is 1.66. The zero-order chi connectivity index (χ0) is 15.2. The number of urea groups is 1. The zero-order valence-corrected chi connectivity index (χ0v) is 13.0. The van der Waals surface area contributed by atoms with Crippen LogP contribution in [-0.4, -0.2) is 30.3 Å². The third-order valence-electron chi connectivity index (χ3n) is 4.76. The number of nitrogens with zero attached hydrogens (tertiary/aromatic N) is 1. The minimum Gasteiger partial charge on any atom is -0.381 e. The summed E-state index contributed by atoms with van der Waals surface area (Å²) in [5.41, 5.74) is 1.08. The summed E-state index contributed by atoms with van der Waals surface area (Å²) in [4.78, 5) is 16.6. The van der Waals surface area contributed by atoms with E-state index in [1.54, 1.807) is 6.20 Å². The van der Waals surface area contributed by atoms with Crippen molar-refractivity contribution in [2.45, 2.75) is 50.6 Å². The number of carbonyl (C=O) groups is 1. The van der Waals surface area contributed by atoms with Gasteiger partial charge in [-0.05, 0) is 43.2 Å². The van der Waals surface area contributed by atoms with Gasteiger partial charge >= 0.3 is 6.03 Å². The van der Waals surface area contributed by atoms with Gasteiger partial charge < -0.3 is 15.4 Å². The normalized spacial score (nSPS) is 21.5. The third kappa shape index (κ3) is 3.97. The van der Waals surface area contributed by atoms with Gasteiger partial charge in [0.2, 0.25) is 0 Å². The van der Waals surface area contributed by atoms with Gasteiger partial charge in [0, 0.05) is 31.6 Å². The van der Waals surface area contributed by atoms with Gasteiger partial charge in [0.15, 0.2) is 0 Å². The van der Waals surface area contributed by atoms with E-state index in [1.807, 2.05) is 18.3 Å². The van der Waals surface area contributed by atoms with Crippen LogP contribution in [0, 0.1) is 5.92 Å². The van der Waals surface area contributed by atoms with Gasteiger partial charge in [-0.1, -0.05) is 18.9 Å². The molecule has 2 N–H and O–H groups in total. The highest BCUT2D eigenvalue weighted by Gasteiger charge is 2.28. The topological polar surface area (TPSA) is 63.2 Å². The Morgan fingerprint density at radius 1 is 1.23 bits per heavy atom. The second-order valence-corrected chi connectivity index (χ2v) is 6.31. The Bertz CT molecular complexity index is 468. The minimum absolute atomic E-state index is 0.0130. The van der Waals surface area contributed by atoms with E-state index in [0.29, 0.717) is 12.0 Å². The first-order valence-corrected chi connectivity index (χ1v) is 8.37. The second-order valence-electron chi connectivity index (χ2n) is 6.31. The van der Waals surface area contributed by atoms with Crippen LogP contribution in [0.4, 0.5) is 4.79 Å². The monoisotopic (exact) mass is 303 g/mol. The molecule has 22 heavy (non-hydrogen) atoms. The van der Waals surface area contributed by atoms with Crippen molar-refractivity contribution in [2.75, 3.05) is 13.2 Å². The molecule has 1 aliphatic carbocycles. The fraction of sp³-hybridized carbons (Fsp3) is 0.647. The Labute approximate surface area is 131 Å². The van der Waals surface area contributed by atoms with Crippen molar-refractivity contribution in [3.63, 3.8) is 0 Å². The number of rotatable bonds is 4. The van der Waals surface area contributed by atoms with Crippen LogP contribution in [0.2, 0.25) is 0 Å². The molecule has 2 heterocycles. The van der Waals surface area contributed by atoms with Crippen molar-refractivity contribution in [3.05, 3.63) is 30.1 Å². The summed E-state index contributed by atoms with van der Waals surface area (Å²) in [5, 5.41) is 6.30. The highest BCUT2D eigenvalue weighted by atomic mass is 16.5. The maximum Gasteiger partial charge on any atom is 0.315 e. The molecule has 0 bridgehead atoms. The quantitative estimate of drug-likeness (QED) is 0.899. The smallest absolute Gasteiger partial charge is 0.315 e. The lowest BCUT2D eigenvalue weighted by atomic mass is 9.88. The van der Waals surface area contributed by atoms with Crippen molar-refractivity contribution in [3.8, 4) is 0 Å². The molecule has 2 amide bonds. The average Bonchev–Trinajstić information content (AvgIpc) is 3.07. The van der Waals surface area contributed by atoms with Gasteiger partial charge in [0.1, 0.15) is 0 Å². The van der Waals surface area contributed by atoms with Crippen LogP contribution >= 0.6 is 0 Å². The van der Waals surface area contributed by atoms with E-state index in [-0.39, 0.29) is 12.1 Å². The van der Waals surface area contributed by atoms with E-state index in [0.717, 1.165) is 44.5 Å². The van der Waals surface area contributed by atoms with Crippen LogP contribution in [0.1, 0.15) is 50.1 Å². The summed E-state index contributed by atoms with van der Waals surface area (Å²) in [5.74, 6) is 0.410. The predicted molar refractivity (Wildman–Crippen MR) is 84.4 cm³/mol. The molecule has 5 nitrogen and oxygen atoms in total. The molecule has 2 aliphatic rings.